The van der Waals surface area contributed by atoms with Crippen molar-refractivity contribution in [3.05, 3.63) is 0 Å². The Morgan fingerprint density at radius 1 is 0.963 bits per heavy atom. The van der Waals surface area contributed by atoms with Gasteiger partial charge in [0.25, 0.3) is 0 Å². The van der Waals surface area contributed by atoms with Crippen LogP contribution in [0.3, 0.4) is 0 Å². The molecule has 6 nitrogen and oxygen atoms in total. The lowest BCUT2D eigenvalue weighted by Gasteiger charge is -2.53. The molecule has 0 amide bonds. The van der Waals surface area contributed by atoms with E-state index < -0.39 is 8.32 Å². The standard InChI is InChI=1S/C20H36O6Si/c1-13(21)23-11-17-15-9-8-10-16(18(25-17)12-24-14(2)22)19(15)26-27(6,7)20(3,4)5/h15-19H,8-12H2,1-7H3/t15-,16+,17-,18+,19?. The Hall–Kier alpha value is -0.923. The number of esters is 2. The van der Waals surface area contributed by atoms with Crippen LogP contribution >= 0.6 is 0 Å². The van der Waals surface area contributed by atoms with Crippen LogP contribution in [0.15, 0.2) is 0 Å². The first kappa shape index (κ1) is 22.4. The van der Waals surface area contributed by atoms with E-state index in [1.165, 1.54) is 13.8 Å². The summed E-state index contributed by atoms with van der Waals surface area (Å²) in [5.74, 6) is -0.221. The van der Waals surface area contributed by atoms with Gasteiger partial charge in [-0.25, -0.2) is 0 Å². The molecule has 1 unspecified atom stereocenters. The normalized spacial score (nSPS) is 31.3. The van der Waals surface area contributed by atoms with E-state index in [1.54, 1.807) is 0 Å². The average Bonchev–Trinajstić information content (AvgIpc) is 2.51. The molecule has 0 radical (unpaired) electrons. The third-order valence-electron chi connectivity index (χ3n) is 6.36. The summed E-state index contributed by atoms with van der Waals surface area (Å²) in [4.78, 5) is 22.7. The van der Waals surface area contributed by atoms with Crippen LogP contribution in [0.4, 0.5) is 0 Å². The minimum absolute atomic E-state index is 0.0505. The predicted octanol–water partition coefficient (Wildman–Crippen LogP) is 3.69. The van der Waals surface area contributed by atoms with E-state index in [2.05, 4.69) is 33.9 Å². The summed E-state index contributed by atoms with van der Waals surface area (Å²) < 4.78 is 23.7. The van der Waals surface area contributed by atoms with Gasteiger partial charge in [0.1, 0.15) is 13.2 Å². The summed E-state index contributed by atoms with van der Waals surface area (Å²) in [7, 11) is -1.98. The zero-order valence-electron chi connectivity index (χ0n) is 17.9. The summed E-state index contributed by atoms with van der Waals surface area (Å²) in [6.07, 6.45) is 2.70. The van der Waals surface area contributed by atoms with Gasteiger partial charge in [-0.3, -0.25) is 9.59 Å². The third-order valence-corrected chi connectivity index (χ3v) is 10.8. The SMILES string of the molecule is CC(=O)OC[C@@H]1O[C@H](COC(C)=O)[C@H]2CCC[C@@H]1C2O[Si](C)(C)C(C)(C)C. The molecule has 27 heavy (non-hydrogen) atoms. The molecule has 1 saturated heterocycles. The lowest BCUT2D eigenvalue weighted by molar-refractivity contribution is -0.213. The van der Waals surface area contributed by atoms with Crippen molar-refractivity contribution >= 4 is 20.3 Å². The van der Waals surface area contributed by atoms with Crippen LogP contribution in [0.5, 0.6) is 0 Å². The van der Waals surface area contributed by atoms with Crippen LogP contribution in [-0.2, 0) is 28.2 Å². The van der Waals surface area contributed by atoms with Gasteiger partial charge in [-0.1, -0.05) is 27.2 Å². The number of carbonyl (C=O) groups excluding carboxylic acids is 2. The highest BCUT2D eigenvalue weighted by atomic mass is 28.4. The van der Waals surface area contributed by atoms with Crippen LogP contribution < -0.4 is 0 Å². The zero-order chi connectivity index (χ0) is 20.4. The van der Waals surface area contributed by atoms with E-state index in [0.717, 1.165) is 19.3 Å². The van der Waals surface area contributed by atoms with Gasteiger partial charge in [0.2, 0.25) is 0 Å². The second-order valence-corrected chi connectivity index (χ2v) is 14.2. The van der Waals surface area contributed by atoms with E-state index >= 15 is 0 Å². The summed E-state index contributed by atoms with van der Waals surface area (Å²) in [5.41, 5.74) is 0. The largest absolute Gasteiger partial charge is 0.463 e. The molecule has 2 bridgehead atoms. The van der Waals surface area contributed by atoms with E-state index in [-0.39, 0.29) is 60.3 Å². The Morgan fingerprint density at radius 2 is 1.41 bits per heavy atom. The fraction of sp³-hybridized carbons (Fsp3) is 0.900. The first-order valence-corrected chi connectivity index (χ1v) is 12.9. The second-order valence-electron chi connectivity index (χ2n) is 9.42. The zero-order valence-corrected chi connectivity index (χ0v) is 18.9. The first-order valence-electron chi connectivity index (χ1n) is 10.0. The Balaban J connectivity index is 2.24. The fourth-order valence-electron chi connectivity index (χ4n) is 3.87. The van der Waals surface area contributed by atoms with Crippen LogP contribution in [0.25, 0.3) is 0 Å². The van der Waals surface area contributed by atoms with Crippen LogP contribution in [0, 0.1) is 11.8 Å². The molecule has 1 saturated carbocycles. The van der Waals surface area contributed by atoms with Crippen molar-refractivity contribution in [1.29, 1.82) is 0 Å². The molecule has 2 fully saturated rings. The van der Waals surface area contributed by atoms with Gasteiger partial charge in [0.15, 0.2) is 8.32 Å². The van der Waals surface area contributed by atoms with Crippen molar-refractivity contribution in [2.45, 2.75) is 90.3 Å². The van der Waals surface area contributed by atoms with Crippen molar-refractivity contribution in [2.24, 2.45) is 11.8 Å². The number of fused-ring (bicyclic) bond motifs is 2. The highest BCUT2D eigenvalue weighted by molar-refractivity contribution is 6.74. The van der Waals surface area contributed by atoms with Crippen LogP contribution in [0.1, 0.15) is 53.9 Å². The van der Waals surface area contributed by atoms with Crippen molar-refractivity contribution in [2.75, 3.05) is 13.2 Å². The first-order chi connectivity index (χ1) is 12.4. The minimum atomic E-state index is -1.98. The monoisotopic (exact) mass is 400 g/mol. The molecule has 0 N–H and O–H groups in total. The van der Waals surface area contributed by atoms with E-state index in [0.29, 0.717) is 0 Å². The van der Waals surface area contributed by atoms with Gasteiger partial charge in [-0.15, -0.1) is 0 Å². The lowest BCUT2D eigenvalue weighted by atomic mass is 9.71. The van der Waals surface area contributed by atoms with Crippen molar-refractivity contribution in [3.63, 3.8) is 0 Å². The maximum atomic E-state index is 11.3. The van der Waals surface area contributed by atoms with E-state index in [9.17, 15) is 9.59 Å². The maximum Gasteiger partial charge on any atom is 0.302 e. The number of ether oxygens (including phenoxy) is 3. The van der Waals surface area contributed by atoms with Crippen molar-refractivity contribution in [1.82, 2.24) is 0 Å². The van der Waals surface area contributed by atoms with Gasteiger partial charge in [-0.05, 0) is 31.0 Å². The number of hydrogen-bond donors (Lipinski definition) is 0. The number of carbonyl (C=O) groups is 2. The molecule has 2 aliphatic rings. The molecule has 0 aromatic heterocycles. The van der Waals surface area contributed by atoms with E-state index in [4.69, 9.17) is 18.6 Å². The van der Waals surface area contributed by atoms with Gasteiger partial charge < -0.3 is 18.6 Å². The van der Waals surface area contributed by atoms with E-state index in [1.807, 2.05) is 0 Å². The minimum Gasteiger partial charge on any atom is -0.463 e. The molecule has 0 aromatic rings. The van der Waals surface area contributed by atoms with Crippen molar-refractivity contribution < 1.29 is 28.2 Å². The third kappa shape index (κ3) is 5.54. The molecule has 2 rings (SSSR count). The van der Waals surface area contributed by atoms with Gasteiger partial charge in [-0.2, -0.15) is 0 Å². The van der Waals surface area contributed by atoms with Gasteiger partial charge in [0.05, 0.1) is 18.3 Å². The topological polar surface area (TPSA) is 71.1 Å². The number of rotatable bonds is 6. The summed E-state index contributed by atoms with van der Waals surface area (Å²) >= 11 is 0. The maximum absolute atomic E-state index is 11.3. The van der Waals surface area contributed by atoms with Gasteiger partial charge in [0, 0.05) is 25.7 Å². The Labute approximate surface area is 164 Å². The molecule has 1 aliphatic heterocycles. The number of hydrogen-bond acceptors (Lipinski definition) is 6. The summed E-state index contributed by atoms with van der Waals surface area (Å²) in [5, 5.41) is 0.108. The molecule has 1 aliphatic carbocycles. The molecule has 5 atom stereocenters. The molecule has 0 aromatic carbocycles. The van der Waals surface area contributed by atoms with Crippen LogP contribution in [0.2, 0.25) is 18.1 Å². The second kappa shape index (κ2) is 8.62. The highest BCUT2D eigenvalue weighted by Gasteiger charge is 2.52. The molecule has 7 heteroatoms. The highest BCUT2D eigenvalue weighted by Crippen LogP contribution is 2.47. The summed E-state index contributed by atoms with van der Waals surface area (Å²) in [6, 6.07) is 0. The average molecular weight is 401 g/mol. The fourth-order valence-corrected chi connectivity index (χ4v) is 5.26. The van der Waals surface area contributed by atoms with Gasteiger partial charge >= 0.3 is 11.9 Å². The Kier molecular flexibility index (Phi) is 7.14. The molecule has 0 spiro atoms. The summed E-state index contributed by atoms with van der Waals surface area (Å²) in [6.45, 7) is 14.5. The quantitative estimate of drug-likeness (QED) is 0.500. The molecular formula is C20H36O6Si. The molecule has 1 heterocycles. The smallest absolute Gasteiger partial charge is 0.302 e. The van der Waals surface area contributed by atoms with Crippen LogP contribution in [-0.4, -0.2) is 51.8 Å². The Morgan fingerprint density at radius 3 is 1.78 bits per heavy atom. The lowest BCUT2D eigenvalue weighted by Crippen LogP contribution is -2.60. The Bertz CT molecular complexity index is 509. The molecular weight excluding hydrogens is 364 g/mol. The molecule has 156 valence electrons. The van der Waals surface area contributed by atoms with Crippen molar-refractivity contribution in [3.8, 4) is 0 Å². The predicted molar refractivity (Wildman–Crippen MR) is 105 cm³/mol.